The Morgan fingerprint density at radius 1 is 1.39 bits per heavy atom. The minimum Gasteiger partial charge on any atom is -0.412 e. The van der Waals surface area contributed by atoms with Gasteiger partial charge in [-0.15, -0.1) is 11.8 Å². The Bertz CT molecular complexity index is 508. The molecular weight excluding hydrogens is 596 g/mol. The molecule has 0 aromatic carbocycles. The van der Waals surface area contributed by atoms with Gasteiger partial charge >= 0.3 is 37.1 Å². The molecule has 2 unspecified atom stereocenters. The summed E-state index contributed by atoms with van der Waals surface area (Å²) < 4.78 is 10.1. The zero-order valence-electron chi connectivity index (χ0n) is 18.1. The molecular formula is C21H38N3O2SU+. The van der Waals surface area contributed by atoms with Crippen LogP contribution < -0.4 is 0 Å². The molecule has 0 saturated carbocycles. The van der Waals surface area contributed by atoms with Gasteiger partial charge in [0.05, 0.1) is 13.6 Å². The van der Waals surface area contributed by atoms with E-state index in [4.69, 9.17) is 10.1 Å². The van der Waals surface area contributed by atoms with Gasteiger partial charge in [-0.1, -0.05) is 45.7 Å². The first-order chi connectivity index (χ1) is 12.9. The number of nitrogens with zero attached hydrogens (tertiary/aromatic N) is 2. The molecule has 0 aromatic rings. The number of carbonyl (C=O) groups excluding carboxylic acids is 1. The first-order valence-electron chi connectivity index (χ1n) is 10.1. The topological polar surface area (TPSA) is 62.5 Å². The van der Waals surface area contributed by atoms with Gasteiger partial charge in [-0.25, -0.2) is 0 Å². The maximum Gasteiger partial charge on any atom is 2.00 e. The van der Waals surface area contributed by atoms with Crippen LogP contribution in [0.3, 0.4) is 0 Å². The smallest absolute Gasteiger partial charge is 0.412 e. The minimum absolute atomic E-state index is 0. The third-order valence-electron chi connectivity index (χ3n) is 4.70. The number of hydrogen-bond acceptors (Lipinski definition) is 5. The number of esters is 1. The van der Waals surface area contributed by atoms with Crippen molar-refractivity contribution < 1.29 is 45.1 Å². The average Bonchev–Trinajstić information content (AvgIpc) is 2.66. The average molecular weight is 635 g/mol. The van der Waals surface area contributed by atoms with Gasteiger partial charge in [0, 0.05) is 19.4 Å². The molecule has 0 fully saturated rings. The van der Waals surface area contributed by atoms with Crippen LogP contribution in [-0.4, -0.2) is 48.7 Å². The summed E-state index contributed by atoms with van der Waals surface area (Å²) in [5, 5.41) is 7.28. The Kier molecular flexibility index (Phi) is 19.1. The van der Waals surface area contributed by atoms with Crippen LogP contribution in [0.5, 0.6) is 0 Å². The van der Waals surface area contributed by atoms with Gasteiger partial charge in [-0.05, 0) is 25.7 Å². The van der Waals surface area contributed by atoms with Crippen molar-refractivity contribution in [2.75, 3.05) is 20.1 Å². The van der Waals surface area contributed by atoms with Crippen molar-refractivity contribution in [3.63, 3.8) is 0 Å². The molecule has 0 aromatic heterocycles. The summed E-state index contributed by atoms with van der Waals surface area (Å²) in [5.41, 5.74) is 1.40. The Balaban J connectivity index is 0. The van der Waals surface area contributed by atoms with E-state index in [1.165, 1.54) is 19.3 Å². The van der Waals surface area contributed by atoms with Gasteiger partial charge in [0.15, 0.2) is 0 Å². The maximum absolute atomic E-state index is 11.8. The Hall–Kier alpha value is -0.0881. The molecule has 7 heteroatoms. The summed E-state index contributed by atoms with van der Waals surface area (Å²) in [6, 6.07) is 0. The summed E-state index contributed by atoms with van der Waals surface area (Å²) in [4.78, 5) is 11.8. The fourth-order valence-corrected chi connectivity index (χ4v) is 3.32. The minimum atomic E-state index is -0.167. The van der Waals surface area contributed by atoms with Gasteiger partial charge in [0.1, 0.15) is 0 Å². The molecule has 1 N–H and O–H groups in total. The summed E-state index contributed by atoms with van der Waals surface area (Å²) in [6.07, 6.45) is 12.2. The molecule has 0 bridgehead atoms. The van der Waals surface area contributed by atoms with Crippen LogP contribution in [0.4, 0.5) is 0 Å². The number of likely N-dealkylation sites (N-methyl/N-ethyl adjacent to an activating group) is 1. The van der Waals surface area contributed by atoms with E-state index >= 15 is 0 Å². The molecule has 158 valence electrons. The molecule has 1 aliphatic heterocycles. The van der Waals surface area contributed by atoms with Crippen molar-refractivity contribution >= 4 is 30.7 Å². The summed E-state index contributed by atoms with van der Waals surface area (Å²) in [5.74, 6) is -0.137. The second-order valence-electron chi connectivity index (χ2n) is 7.12. The molecule has 0 radical (unpaired) electrons. The summed E-state index contributed by atoms with van der Waals surface area (Å²) in [6.45, 7) is 11.5. The van der Waals surface area contributed by atoms with E-state index in [1.807, 2.05) is 13.8 Å². The zero-order chi connectivity index (χ0) is 20.7. The number of ether oxygens (including phenoxy) is 1. The number of hydrogen-bond donors (Lipinski definition) is 2. The van der Waals surface area contributed by atoms with Gasteiger partial charge in [0.2, 0.25) is 6.23 Å². The number of quaternary nitrogens is 1. The van der Waals surface area contributed by atoms with Gasteiger partial charge in [0.25, 0.3) is 0 Å². The first-order valence-corrected chi connectivity index (χ1v) is 10.5. The van der Waals surface area contributed by atoms with Crippen LogP contribution in [0.15, 0.2) is 16.0 Å². The number of thiol groups is 1. The molecule has 28 heavy (non-hydrogen) atoms. The second kappa shape index (κ2) is 17.7. The van der Waals surface area contributed by atoms with E-state index in [9.17, 15) is 4.79 Å². The summed E-state index contributed by atoms with van der Waals surface area (Å²) >= 11 is 3.89. The summed E-state index contributed by atoms with van der Waals surface area (Å²) in [7, 11) is 2.08. The molecule has 2 atom stereocenters. The predicted molar refractivity (Wildman–Crippen MR) is 117 cm³/mol. The molecule has 0 saturated heterocycles. The van der Waals surface area contributed by atoms with Crippen LogP contribution in [-0.2, 0) is 9.53 Å². The van der Waals surface area contributed by atoms with Crippen molar-refractivity contribution in [1.82, 2.24) is 0 Å². The number of nitrogens with one attached hydrogen (secondary N) is 1. The maximum atomic E-state index is 11.8. The van der Waals surface area contributed by atoms with Crippen molar-refractivity contribution in [3.05, 3.63) is 18.6 Å². The van der Waals surface area contributed by atoms with E-state index in [0.717, 1.165) is 37.8 Å². The third kappa shape index (κ3) is 11.2. The SMILES string of the molecule is CCCC(=O)OC(CC)[N+]1(C)CCC=C(/C([C-]=N)=N/S)C1.[CH2-]CCCCC.[U+2]. The Morgan fingerprint density at radius 3 is 2.50 bits per heavy atom. The first kappa shape index (κ1) is 30.1. The van der Waals surface area contributed by atoms with E-state index in [-0.39, 0.29) is 43.3 Å². The van der Waals surface area contributed by atoms with E-state index in [0.29, 0.717) is 23.2 Å². The molecule has 1 heterocycles. The van der Waals surface area contributed by atoms with Gasteiger partial charge in [-0.2, -0.15) is 12.5 Å². The largest absolute Gasteiger partial charge is 2.00 e. The van der Waals surface area contributed by atoms with E-state index < -0.39 is 0 Å². The fraction of sp³-hybridized carbons (Fsp3) is 0.714. The number of carbonyl (C=O) groups is 1. The van der Waals surface area contributed by atoms with Crippen LogP contribution in [0.25, 0.3) is 0 Å². The molecule has 0 spiro atoms. The number of rotatable bonds is 10. The van der Waals surface area contributed by atoms with Crippen molar-refractivity contribution in [2.24, 2.45) is 4.40 Å². The van der Waals surface area contributed by atoms with Crippen LogP contribution in [0.2, 0.25) is 0 Å². The van der Waals surface area contributed by atoms with Crippen molar-refractivity contribution in [1.29, 1.82) is 5.41 Å². The molecule has 5 nitrogen and oxygen atoms in total. The monoisotopic (exact) mass is 634 g/mol. The predicted octanol–water partition coefficient (Wildman–Crippen LogP) is 5.06. The Labute approximate surface area is 201 Å². The van der Waals surface area contributed by atoms with Crippen LogP contribution in [0.1, 0.15) is 72.1 Å². The normalized spacial score (nSPS) is 20.1. The zero-order valence-corrected chi connectivity index (χ0v) is 23.1. The molecule has 1 rings (SSSR count). The van der Waals surface area contributed by atoms with Crippen molar-refractivity contribution in [2.45, 2.75) is 78.4 Å². The van der Waals surface area contributed by atoms with E-state index in [2.05, 4.69) is 50.4 Å². The number of unbranched alkanes of at least 4 members (excludes halogenated alkanes) is 3. The molecule has 1 aliphatic rings. The van der Waals surface area contributed by atoms with Gasteiger partial charge < -0.3 is 21.6 Å². The van der Waals surface area contributed by atoms with Crippen LogP contribution in [0, 0.1) is 43.4 Å². The Morgan fingerprint density at radius 2 is 2.07 bits per heavy atom. The third-order valence-corrected chi connectivity index (χ3v) is 4.90. The van der Waals surface area contributed by atoms with Crippen molar-refractivity contribution in [3.8, 4) is 0 Å². The molecule has 0 amide bonds. The molecule has 0 aliphatic carbocycles. The second-order valence-corrected chi connectivity index (χ2v) is 7.32. The van der Waals surface area contributed by atoms with E-state index in [1.54, 1.807) is 0 Å². The standard InChI is InChI=1S/C15H25N3O2S.C6H13.U/c1-4-7-15(19)20-14(5-2)18(3)9-6-8-12(11-18)13(10-16)17-21;1-3-5-6-4-2;/h8,14,16,21H,4-7,9,11H2,1-3H3;1,3-6H2,2H3;/q;-1;+2/b17-13+;;. The van der Waals surface area contributed by atoms with Gasteiger partial charge in [-0.3, -0.25) is 9.19 Å². The quantitative estimate of drug-likeness (QED) is 0.0883. The fourth-order valence-electron chi connectivity index (χ4n) is 3.15. The van der Waals surface area contributed by atoms with Crippen LogP contribution >= 0.6 is 12.8 Å².